The van der Waals surface area contributed by atoms with Gasteiger partial charge < -0.3 is 10.6 Å². The van der Waals surface area contributed by atoms with Crippen molar-refractivity contribution >= 4 is 33.4 Å². The average molecular weight is 486 g/mol. The third-order valence-electron chi connectivity index (χ3n) is 4.11. The van der Waals surface area contributed by atoms with Crippen LogP contribution in [0.3, 0.4) is 0 Å². The number of halogens is 3. The molecule has 170 valence electrons. The molecular weight excluding hydrogens is 467 g/mol. The molecule has 1 unspecified atom stereocenters. The van der Waals surface area contributed by atoms with Crippen molar-refractivity contribution in [3.63, 3.8) is 0 Å². The third-order valence-corrected chi connectivity index (χ3v) is 6.92. The standard InChI is InChI=1S/C20H18F3N3O4S2/c21-20(22,23)31-16-9-5-4-8-15(16)13-32(29,30)17(19(28)25-11-10-24)12-26-18(27)14-6-2-1-3-7-14/h1-9,17H,11-13H2,(H,25,28)(H,26,27). The highest BCUT2D eigenvalue weighted by atomic mass is 32.2. The van der Waals surface area contributed by atoms with Gasteiger partial charge in [0.05, 0.1) is 11.8 Å². The Kier molecular flexibility index (Phi) is 8.68. The van der Waals surface area contributed by atoms with E-state index in [4.69, 9.17) is 5.26 Å². The van der Waals surface area contributed by atoms with Crippen molar-refractivity contribution in [2.24, 2.45) is 0 Å². The van der Waals surface area contributed by atoms with Crippen LogP contribution < -0.4 is 10.6 Å². The zero-order valence-corrected chi connectivity index (χ0v) is 18.1. The number of thioether (sulfide) groups is 1. The summed E-state index contributed by atoms with van der Waals surface area (Å²) in [5.74, 6) is -2.54. The second kappa shape index (κ2) is 11.0. The lowest BCUT2D eigenvalue weighted by Gasteiger charge is -2.19. The molecule has 0 radical (unpaired) electrons. The highest BCUT2D eigenvalue weighted by Gasteiger charge is 2.35. The summed E-state index contributed by atoms with van der Waals surface area (Å²) in [6.07, 6.45) is 0. The number of hydrogen-bond acceptors (Lipinski definition) is 6. The number of carbonyl (C=O) groups excluding carboxylic acids is 2. The van der Waals surface area contributed by atoms with Gasteiger partial charge in [0.1, 0.15) is 6.54 Å². The molecule has 0 aromatic heterocycles. The van der Waals surface area contributed by atoms with E-state index in [1.807, 2.05) is 0 Å². The first-order valence-corrected chi connectivity index (χ1v) is 11.6. The summed E-state index contributed by atoms with van der Waals surface area (Å²) in [5.41, 5.74) is -4.54. The van der Waals surface area contributed by atoms with E-state index in [1.165, 1.54) is 30.3 Å². The number of hydrogen-bond donors (Lipinski definition) is 2. The quantitative estimate of drug-likeness (QED) is 0.417. The second-order valence-electron chi connectivity index (χ2n) is 6.40. The molecule has 0 aliphatic rings. The van der Waals surface area contributed by atoms with Crippen LogP contribution in [-0.2, 0) is 20.4 Å². The van der Waals surface area contributed by atoms with E-state index in [9.17, 15) is 31.2 Å². The van der Waals surface area contributed by atoms with Crippen molar-refractivity contribution in [2.75, 3.05) is 13.1 Å². The lowest BCUT2D eigenvalue weighted by atomic mass is 10.2. The van der Waals surface area contributed by atoms with Crippen molar-refractivity contribution in [3.05, 3.63) is 65.7 Å². The predicted molar refractivity (Wildman–Crippen MR) is 112 cm³/mol. The van der Waals surface area contributed by atoms with Gasteiger partial charge in [0.2, 0.25) is 5.91 Å². The lowest BCUT2D eigenvalue weighted by molar-refractivity contribution is -0.120. The minimum Gasteiger partial charge on any atom is -0.350 e. The molecule has 12 heteroatoms. The van der Waals surface area contributed by atoms with E-state index >= 15 is 0 Å². The predicted octanol–water partition coefficient (Wildman–Crippen LogP) is 2.65. The summed E-state index contributed by atoms with van der Waals surface area (Å²) >= 11 is -0.460. The van der Waals surface area contributed by atoms with Gasteiger partial charge in [-0.05, 0) is 35.5 Å². The molecule has 2 rings (SSSR count). The topological polar surface area (TPSA) is 116 Å². The van der Waals surface area contributed by atoms with Gasteiger partial charge in [0.15, 0.2) is 15.1 Å². The summed E-state index contributed by atoms with van der Waals surface area (Å²) in [4.78, 5) is 24.4. The Labute approximate surface area is 186 Å². The van der Waals surface area contributed by atoms with Crippen LogP contribution in [0.2, 0.25) is 0 Å². The molecule has 2 aromatic carbocycles. The molecule has 7 nitrogen and oxygen atoms in total. The zero-order valence-electron chi connectivity index (χ0n) is 16.4. The van der Waals surface area contributed by atoms with Crippen molar-refractivity contribution in [3.8, 4) is 6.07 Å². The minimum absolute atomic E-state index is 0.137. The Morgan fingerprint density at radius 2 is 1.66 bits per heavy atom. The van der Waals surface area contributed by atoms with Gasteiger partial charge in [0, 0.05) is 17.0 Å². The molecule has 0 spiro atoms. The normalized spacial score (nSPS) is 12.4. The molecule has 0 saturated heterocycles. The average Bonchev–Trinajstić information content (AvgIpc) is 2.73. The summed E-state index contributed by atoms with van der Waals surface area (Å²) in [5, 5.41) is 11.3. The molecular formula is C20H18F3N3O4S2. The largest absolute Gasteiger partial charge is 0.446 e. The number of alkyl halides is 3. The number of carbonyl (C=O) groups is 2. The molecule has 0 heterocycles. The smallest absolute Gasteiger partial charge is 0.350 e. The summed E-state index contributed by atoms with van der Waals surface area (Å²) in [6, 6.07) is 14.5. The van der Waals surface area contributed by atoms with Crippen LogP contribution >= 0.6 is 11.8 Å². The number of sulfone groups is 1. The van der Waals surface area contributed by atoms with Gasteiger partial charge in [-0.2, -0.15) is 18.4 Å². The van der Waals surface area contributed by atoms with Gasteiger partial charge in [-0.15, -0.1) is 0 Å². The second-order valence-corrected chi connectivity index (χ2v) is 9.69. The number of nitrogens with one attached hydrogen (secondary N) is 2. The van der Waals surface area contributed by atoms with Crippen LogP contribution in [0.4, 0.5) is 13.2 Å². The van der Waals surface area contributed by atoms with Crippen LogP contribution in [0.1, 0.15) is 15.9 Å². The summed E-state index contributed by atoms with van der Waals surface area (Å²) in [7, 11) is -4.38. The van der Waals surface area contributed by atoms with Gasteiger partial charge in [-0.1, -0.05) is 36.4 Å². The Hall–Kier alpha value is -3.04. The van der Waals surface area contributed by atoms with E-state index in [1.54, 1.807) is 24.3 Å². The first kappa shape index (κ1) is 25.2. The number of nitriles is 1. The van der Waals surface area contributed by atoms with Crippen molar-refractivity contribution in [1.82, 2.24) is 10.6 Å². The van der Waals surface area contributed by atoms with Crippen LogP contribution in [0.15, 0.2) is 59.5 Å². The Balaban J connectivity index is 2.27. The van der Waals surface area contributed by atoms with E-state index in [-0.39, 0.29) is 16.0 Å². The fourth-order valence-corrected chi connectivity index (χ4v) is 5.06. The van der Waals surface area contributed by atoms with Crippen LogP contribution in [0.25, 0.3) is 0 Å². The first-order valence-electron chi connectivity index (χ1n) is 9.06. The molecule has 32 heavy (non-hydrogen) atoms. The molecule has 0 bridgehead atoms. The Bertz CT molecular complexity index is 1100. The van der Waals surface area contributed by atoms with Crippen LogP contribution in [-0.4, -0.2) is 44.1 Å². The fourth-order valence-electron chi connectivity index (χ4n) is 2.66. The third kappa shape index (κ3) is 7.58. The minimum atomic E-state index is -4.63. The van der Waals surface area contributed by atoms with E-state index in [0.717, 1.165) is 6.07 Å². The first-order chi connectivity index (χ1) is 15.0. The monoisotopic (exact) mass is 485 g/mol. The number of benzene rings is 2. The molecule has 0 fully saturated rings. The molecule has 2 N–H and O–H groups in total. The van der Waals surface area contributed by atoms with Crippen LogP contribution in [0.5, 0.6) is 0 Å². The maximum absolute atomic E-state index is 13.0. The van der Waals surface area contributed by atoms with Crippen molar-refractivity contribution < 1.29 is 31.2 Å². The van der Waals surface area contributed by atoms with E-state index in [2.05, 4.69) is 10.6 Å². The van der Waals surface area contributed by atoms with Crippen molar-refractivity contribution in [2.45, 2.75) is 21.4 Å². The van der Waals surface area contributed by atoms with Crippen molar-refractivity contribution in [1.29, 1.82) is 5.26 Å². The van der Waals surface area contributed by atoms with Crippen LogP contribution in [0, 0.1) is 11.3 Å². The Morgan fingerprint density at radius 3 is 2.28 bits per heavy atom. The summed E-state index contributed by atoms with van der Waals surface area (Å²) in [6.45, 7) is -1.10. The highest BCUT2D eigenvalue weighted by molar-refractivity contribution is 8.00. The molecule has 2 amide bonds. The molecule has 0 saturated carbocycles. The Morgan fingerprint density at radius 1 is 1.03 bits per heavy atom. The van der Waals surface area contributed by atoms with Gasteiger partial charge in [-0.25, -0.2) is 8.42 Å². The SMILES string of the molecule is N#CCNC(=O)C(CNC(=O)c1ccccc1)S(=O)(=O)Cc1ccccc1SC(F)(F)F. The number of nitrogens with zero attached hydrogens (tertiary/aromatic N) is 1. The maximum atomic E-state index is 13.0. The van der Waals surface area contributed by atoms with Gasteiger partial charge in [-0.3, -0.25) is 9.59 Å². The fraction of sp³-hybridized carbons (Fsp3) is 0.250. The molecule has 0 aliphatic carbocycles. The number of rotatable bonds is 9. The highest BCUT2D eigenvalue weighted by Crippen LogP contribution is 2.39. The zero-order chi connectivity index (χ0) is 23.8. The maximum Gasteiger partial charge on any atom is 0.446 e. The molecule has 2 aromatic rings. The molecule has 1 atom stereocenters. The van der Waals surface area contributed by atoms with E-state index in [0.29, 0.717) is 0 Å². The van der Waals surface area contributed by atoms with Gasteiger partial charge in [0.25, 0.3) is 5.91 Å². The van der Waals surface area contributed by atoms with E-state index < -0.39 is 63.0 Å². The lowest BCUT2D eigenvalue weighted by Crippen LogP contribution is -2.47. The van der Waals surface area contributed by atoms with Gasteiger partial charge >= 0.3 is 5.51 Å². The summed E-state index contributed by atoms with van der Waals surface area (Å²) < 4.78 is 64.4. The molecule has 0 aliphatic heterocycles. The number of amides is 2.